The van der Waals surface area contributed by atoms with Crippen molar-refractivity contribution in [3.8, 4) is 0 Å². The van der Waals surface area contributed by atoms with E-state index in [4.69, 9.17) is 17.3 Å². The van der Waals surface area contributed by atoms with E-state index < -0.39 is 10.8 Å². The lowest BCUT2D eigenvalue weighted by molar-refractivity contribution is -0.118. The van der Waals surface area contributed by atoms with Gasteiger partial charge in [-0.3, -0.25) is 9.00 Å². The van der Waals surface area contributed by atoms with Crippen LogP contribution in [0.15, 0.2) is 29.2 Å². The molecule has 1 rings (SSSR count). The number of amides is 1. The smallest absolute Gasteiger partial charge is 0.233 e. The minimum Gasteiger partial charge on any atom is -0.354 e. The van der Waals surface area contributed by atoms with Crippen LogP contribution in [-0.2, 0) is 15.6 Å². The zero-order valence-electron chi connectivity index (χ0n) is 8.61. The molecule has 4 nitrogen and oxygen atoms in total. The van der Waals surface area contributed by atoms with Gasteiger partial charge in [-0.15, -0.1) is 0 Å². The number of carbonyl (C=O) groups is 1. The number of halogens is 1. The third-order valence-electron chi connectivity index (χ3n) is 1.79. The van der Waals surface area contributed by atoms with Crippen molar-refractivity contribution in [3.63, 3.8) is 0 Å². The summed E-state index contributed by atoms with van der Waals surface area (Å²) in [6, 6.07) is 6.66. The van der Waals surface area contributed by atoms with E-state index in [1.54, 1.807) is 24.3 Å². The van der Waals surface area contributed by atoms with Crippen LogP contribution in [0.5, 0.6) is 0 Å². The summed E-state index contributed by atoms with van der Waals surface area (Å²) in [5.41, 5.74) is 5.23. The molecule has 1 amide bonds. The van der Waals surface area contributed by atoms with Gasteiger partial charge in [0.2, 0.25) is 5.91 Å². The highest BCUT2D eigenvalue weighted by molar-refractivity contribution is 7.85. The Labute approximate surface area is 102 Å². The molecule has 88 valence electrons. The summed E-state index contributed by atoms with van der Waals surface area (Å²) >= 11 is 5.76. The molecule has 0 spiro atoms. The van der Waals surface area contributed by atoms with Crippen LogP contribution in [0, 0.1) is 0 Å². The Morgan fingerprint density at radius 1 is 1.50 bits per heavy atom. The fourth-order valence-electron chi connectivity index (χ4n) is 1.07. The van der Waals surface area contributed by atoms with Crippen LogP contribution < -0.4 is 11.1 Å². The van der Waals surface area contributed by atoms with Gasteiger partial charge >= 0.3 is 0 Å². The van der Waals surface area contributed by atoms with Crippen molar-refractivity contribution >= 4 is 28.3 Å². The van der Waals surface area contributed by atoms with Crippen molar-refractivity contribution < 1.29 is 9.00 Å². The Hall–Kier alpha value is -0.910. The highest BCUT2D eigenvalue weighted by atomic mass is 35.5. The number of nitrogens with two attached hydrogens (primary N) is 1. The first-order valence-corrected chi connectivity index (χ1v) is 6.44. The summed E-state index contributed by atoms with van der Waals surface area (Å²) in [6.45, 7) is 0.765. The highest BCUT2D eigenvalue weighted by Crippen LogP contribution is 2.13. The maximum Gasteiger partial charge on any atom is 0.233 e. The van der Waals surface area contributed by atoms with Gasteiger partial charge < -0.3 is 11.1 Å². The molecular weight excluding hydrogens is 248 g/mol. The number of nitrogens with one attached hydrogen (secondary N) is 1. The molecule has 0 heterocycles. The molecule has 1 atom stereocenters. The van der Waals surface area contributed by atoms with Gasteiger partial charge in [0, 0.05) is 23.0 Å². The first-order chi connectivity index (χ1) is 7.63. The zero-order chi connectivity index (χ0) is 12.0. The van der Waals surface area contributed by atoms with Crippen molar-refractivity contribution in [2.75, 3.05) is 18.8 Å². The summed E-state index contributed by atoms with van der Waals surface area (Å²) in [6.07, 6.45) is 0. The minimum atomic E-state index is -1.36. The fraction of sp³-hybridized carbons (Fsp3) is 0.300. The van der Waals surface area contributed by atoms with Gasteiger partial charge in [-0.25, -0.2) is 0 Å². The van der Waals surface area contributed by atoms with Crippen LogP contribution >= 0.6 is 11.6 Å². The monoisotopic (exact) mass is 260 g/mol. The number of rotatable bonds is 5. The van der Waals surface area contributed by atoms with Crippen molar-refractivity contribution in [1.82, 2.24) is 5.32 Å². The third kappa shape index (κ3) is 4.30. The minimum absolute atomic E-state index is 0.0691. The predicted molar refractivity (Wildman–Crippen MR) is 64.8 cm³/mol. The van der Waals surface area contributed by atoms with Crippen molar-refractivity contribution in [3.05, 3.63) is 29.3 Å². The molecule has 0 saturated heterocycles. The molecule has 0 aliphatic rings. The number of hydrogen-bond donors (Lipinski definition) is 2. The molecule has 0 fully saturated rings. The number of carbonyl (C=O) groups excluding carboxylic acids is 1. The average molecular weight is 261 g/mol. The molecule has 0 aliphatic heterocycles. The second kappa shape index (κ2) is 6.62. The second-order valence-electron chi connectivity index (χ2n) is 3.09. The van der Waals surface area contributed by atoms with Gasteiger partial charge in [0.05, 0.1) is 10.8 Å². The van der Waals surface area contributed by atoms with Crippen LogP contribution in [0.2, 0.25) is 5.02 Å². The molecule has 1 aromatic carbocycles. The Balaban J connectivity index is 2.55. The molecule has 3 N–H and O–H groups in total. The van der Waals surface area contributed by atoms with Gasteiger partial charge in [0.1, 0.15) is 5.75 Å². The van der Waals surface area contributed by atoms with Gasteiger partial charge in [-0.1, -0.05) is 17.7 Å². The first-order valence-electron chi connectivity index (χ1n) is 4.74. The quantitative estimate of drug-likeness (QED) is 0.811. The van der Waals surface area contributed by atoms with E-state index >= 15 is 0 Å². The SMILES string of the molecule is NCCNC(=O)CS(=O)c1cccc(Cl)c1. The molecule has 16 heavy (non-hydrogen) atoms. The zero-order valence-corrected chi connectivity index (χ0v) is 10.2. The molecule has 6 heteroatoms. The Morgan fingerprint density at radius 2 is 2.25 bits per heavy atom. The normalized spacial score (nSPS) is 12.1. The van der Waals surface area contributed by atoms with E-state index in [0.29, 0.717) is 23.0 Å². The molecule has 1 unspecified atom stereocenters. The van der Waals surface area contributed by atoms with E-state index in [1.165, 1.54) is 0 Å². The largest absolute Gasteiger partial charge is 0.354 e. The van der Waals surface area contributed by atoms with E-state index in [1.807, 2.05) is 0 Å². The number of hydrogen-bond acceptors (Lipinski definition) is 3. The standard InChI is InChI=1S/C10H13ClN2O2S/c11-8-2-1-3-9(6-8)16(15)7-10(14)13-5-4-12/h1-3,6H,4-5,7,12H2,(H,13,14). The maximum absolute atomic E-state index is 11.7. The number of benzene rings is 1. The topological polar surface area (TPSA) is 72.2 Å². The Morgan fingerprint density at radius 3 is 2.88 bits per heavy atom. The summed E-state index contributed by atoms with van der Waals surface area (Å²) in [7, 11) is -1.36. The fourth-order valence-corrected chi connectivity index (χ4v) is 2.32. The maximum atomic E-state index is 11.7. The van der Waals surface area contributed by atoms with Crippen LogP contribution in [0.4, 0.5) is 0 Å². The van der Waals surface area contributed by atoms with Gasteiger partial charge in [0.25, 0.3) is 0 Å². The van der Waals surface area contributed by atoms with Crippen LogP contribution in [0.1, 0.15) is 0 Å². The van der Waals surface area contributed by atoms with Gasteiger partial charge in [-0.05, 0) is 18.2 Å². The lowest BCUT2D eigenvalue weighted by Gasteiger charge is -2.04. The van der Waals surface area contributed by atoms with E-state index in [-0.39, 0.29) is 11.7 Å². The Kier molecular flexibility index (Phi) is 5.45. The average Bonchev–Trinajstić information content (AvgIpc) is 2.26. The van der Waals surface area contributed by atoms with E-state index in [9.17, 15) is 9.00 Å². The molecular formula is C10H13ClN2O2S. The van der Waals surface area contributed by atoms with Crippen LogP contribution in [0.3, 0.4) is 0 Å². The van der Waals surface area contributed by atoms with E-state index in [0.717, 1.165) is 0 Å². The molecule has 0 saturated carbocycles. The molecule has 0 radical (unpaired) electrons. The summed E-state index contributed by atoms with van der Waals surface area (Å²) in [4.78, 5) is 11.8. The van der Waals surface area contributed by atoms with Gasteiger partial charge in [0.15, 0.2) is 0 Å². The lowest BCUT2D eigenvalue weighted by atomic mass is 10.4. The summed E-state index contributed by atoms with van der Waals surface area (Å²) < 4.78 is 11.7. The molecule has 1 aromatic rings. The molecule has 0 bridgehead atoms. The third-order valence-corrected chi connectivity index (χ3v) is 3.33. The van der Waals surface area contributed by atoms with Crippen molar-refractivity contribution in [1.29, 1.82) is 0 Å². The van der Waals surface area contributed by atoms with Crippen LogP contribution in [-0.4, -0.2) is 29.0 Å². The van der Waals surface area contributed by atoms with Crippen LogP contribution in [0.25, 0.3) is 0 Å². The Bertz CT molecular complexity index is 398. The second-order valence-corrected chi connectivity index (χ2v) is 4.97. The van der Waals surface area contributed by atoms with Crippen molar-refractivity contribution in [2.45, 2.75) is 4.90 Å². The summed E-state index contributed by atoms with van der Waals surface area (Å²) in [5.74, 6) is -0.343. The predicted octanol–water partition coefficient (Wildman–Crippen LogP) is 0.522. The first kappa shape index (κ1) is 13.2. The van der Waals surface area contributed by atoms with Crippen molar-refractivity contribution in [2.24, 2.45) is 5.73 Å². The van der Waals surface area contributed by atoms with E-state index in [2.05, 4.69) is 5.32 Å². The highest BCUT2D eigenvalue weighted by Gasteiger charge is 2.09. The lowest BCUT2D eigenvalue weighted by Crippen LogP contribution is -2.32. The molecule has 0 aliphatic carbocycles. The summed E-state index contributed by atoms with van der Waals surface area (Å²) in [5, 5.41) is 3.07. The van der Waals surface area contributed by atoms with Gasteiger partial charge in [-0.2, -0.15) is 0 Å². The molecule has 0 aromatic heterocycles.